The van der Waals surface area contributed by atoms with Gasteiger partial charge in [0.05, 0.1) is 6.61 Å². The number of aliphatic hydroxyl groups is 1. The molecular weight excluding hydrogens is 242 g/mol. The van der Waals surface area contributed by atoms with Crippen LogP contribution in [0.3, 0.4) is 0 Å². The first-order valence-electron chi connectivity index (χ1n) is 6.59. The van der Waals surface area contributed by atoms with E-state index in [1.165, 1.54) is 0 Å². The largest absolute Gasteiger partial charge is 0.409 e. The maximum absolute atomic E-state index is 9.20. The molecule has 1 aromatic rings. The number of hydrogen-bond acceptors (Lipinski definition) is 4. The van der Waals surface area contributed by atoms with Gasteiger partial charge >= 0.3 is 0 Å². The van der Waals surface area contributed by atoms with E-state index in [1.54, 1.807) is 0 Å². The molecule has 106 valence electrons. The lowest BCUT2D eigenvalue weighted by Crippen LogP contribution is -2.35. The quantitative estimate of drug-likeness (QED) is 0.288. The van der Waals surface area contributed by atoms with E-state index in [2.05, 4.69) is 17.0 Å². The summed E-state index contributed by atoms with van der Waals surface area (Å²) in [4.78, 5) is 2.16. The van der Waals surface area contributed by atoms with Gasteiger partial charge in [-0.3, -0.25) is 4.90 Å². The smallest absolute Gasteiger partial charge is 0.141 e. The minimum Gasteiger partial charge on any atom is -0.409 e. The summed E-state index contributed by atoms with van der Waals surface area (Å²) in [7, 11) is 0. The number of benzene rings is 1. The molecular formula is C14H23N3O2. The molecule has 0 heterocycles. The third-order valence-corrected chi connectivity index (χ3v) is 3.05. The Labute approximate surface area is 114 Å². The normalized spacial score (nSPS) is 13.7. The van der Waals surface area contributed by atoms with Gasteiger partial charge in [0.25, 0.3) is 0 Å². The van der Waals surface area contributed by atoms with Crippen molar-refractivity contribution in [1.82, 2.24) is 4.90 Å². The molecule has 0 saturated heterocycles. The predicted octanol–water partition coefficient (Wildman–Crippen LogP) is 1.57. The van der Waals surface area contributed by atoms with Gasteiger partial charge in [0.15, 0.2) is 0 Å². The van der Waals surface area contributed by atoms with Crippen molar-refractivity contribution >= 4 is 5.84 Å². The topological polar surface area (TPSA) is 82.1 Å². The van der Waals surface area contributed by atoms with Crippen LogP contribution in [0.25, 0.3) is 0 Å². The Morgan fingerprint density at radius 3 is 2.53 bits per heavy atom. The first-order valence-corrected chi connectivity index (χ1v) is 6.59. The molecule has 0 aliphatic carbocycles. The highest BCUT2D eigenvalue weighted by Gasteiger charge is 2.20. The number of aliphatic hydroxyl groups excluding tert-OH is 1. The molecule has 0 radical (unpaired) electrons. The Balaban J connectivity index is 2.95. The monoisotopic (exact) mass is 265 g/mol. The van der Waals surface area contributed by atoms with E-state index >= 15 is 0 Å². The van der Waals surface area contributed by atoms with Gasteiger partial charge in [0.1, 0.15) is 5.84 Å². The van der Waals surface area contributed by atoms with Crippen LogP contribution in [0, 0.1) is 0 Å². The fourth-order valence-corrected chi connectivity index (χ4v) is 2.21. The van der Waals surface area contributed by atoms with Crippen molar-refractivity contribution in [3.8, 4) is 0 Å². The Hall–Kier alpha value is -1.59. The lowest BCUT2D eigenvalue weighted by molar-refractivity contribution is 0.152. The molecule has 1 aromatic carbocycles. The Morgan fingerprint density at radius 2 is 2.00 bits per heavy atom. The van der Waals surface area contributed by atoms with Crippen LogP contribution >= 0.6 is 0 Å². The summed E-state index contributed by atoms with van der Waals surface area (Å²) in [6.45, 7) is 3.63. The molecule has 5 heteroatoms. The molecule has 1 rings (SSSR count). The van der Waals surface area contributed by atoms with E-state index in [0.29, 0.717) is 13.0 Å². The van der Waals surface area contributed by atoms with E-state index < -0.39 is 0 Å². The summed E-state index contributed by atoms with van der Waals surface area (Å²) < 4.78 is 0. The Morgan fingerprint density at radius 1 is 1.32 bits per heavy atom. The minimum absolute atomic E-state index is 0.0178. The van der Waals surface area contributed by atoms with E-state index in [0.717, 1.165) is 18.5 Å². The zero-order chi connectivity index (χ0) is 14.1. The van der Waals surface area contributed by atoms with Crippen LogP contribution in [0.1, 0.15) is 31.4 Å². The second-order valence-corrected chi connectivity index (χ2v) is 4.48. The van der Waals surface area contributed by atoms with Crippen LogP contribution in [0.4, 0.5) is 0 Å². The molecule has 1 atom stereocenters. The lowest BCUT2D eigenvalue weighted by Gasteiger charge is -2.31. The van der Waals surface area contributed by atoms with Crippen LogP contribution < -0.4 is 5.73 Å². The van der Waals surface area contributed by atoms with Crippen molar-refractivity contribution in [2.24, 2.45) is 10.9 Å². The van der Waals surface area contributed by atoms with Gasteiger partial charge in [0.2, 0.25) is 0 Å². The molecule has 4 N–H and O–H groups in total. The van der Waals surface area contributed by atoms with Gasteiger partial charge in [-0.25, -0.2) is 0 Å². The maximum Gasteiger partial charge on any atom is 0.141 e. The third-order valence-electron chi connectivity index (χ3n) is 3.05. The average molecular weight is 265 g/mol. The molecule has 0 aliphatic heterocycles. The van der Waals surface area contributed by atoms with Crippen molar-refractivity contribution in [2.75, 3.05) is 19.7 Å². The van der Waals surface area contributed by atoms with Crippen LogP contribution in [-0.2, 0) is 0 Å². The summed E-state index contributed by atoms with van der Waals surface area (Å²) in [6.07, 6.45) is 1.43. The summed E-state index contributed by atoms with van der Waals surface area (Å²) in [5.41, 5.74) is 6.76. The van der Waals surface area contributed by atoms with E-state index in [-0.39, 0.29) is 18.5 Å². The third kappa shape index (κ3) is 4.89. The Bertz CT molecular complexity index is 376. The van der Waals surface area contributed by atoms with Gasteiger partial charge in [-0.05, 0) is 18.5 Å². The summed E-state index contributed by atoms with van der Waals surface area (Å²) in [6, 6.07) is 9.96. The van der Waals surface area contributed by atoms with Crippen molar-refractivity contribution in [3.63, 3.8) is 0 Å². The highest BCUT2D eigenvalue weighted by molar-refractivity contribution is 5.80. The molecule has 0 fully saturated rings. The van der Waals surface area contributed by atoms with Gasteiger partial charge < -0.3 is 16.0 Å². The van der Waals surface area contributed by atoms with Crippen LogP contribution in [0.5, 0.6) is 0 Å². The molecule has 0 saturated carbocycles. The van der Waals surface area contributed by atoms with Crippen molar-refractivity contribution in [2.45, 2.75) is 25.8 Å². The SMILES string of the molecule is CCCN(CCO)C(CC(N)=NO)c1ccccc1. The summed E-state index contributed by atoms with van der Waals surface area (Å²) >= 11 is 0. The Kier molecular flexibility index (Phi) is 6.92. The first kappa shape index (κ1) is 15.5. The standard InChI is InChI=1S/C14H23N3O2/c1-2-8-17(9-10-18)13(11-14(15)16-19)12-6-4-3-5-7-12/h3-7,13,18-19H,2,8-11H2,1H3,(H2,15,16). The van der Waals surface area contributed by atoms with Crippen molar-refractivity contribution in [1.29, 1.82) is 0 Å². The zero-order valence-corrected chi connectivity index (χ0v) is 11.4. The van der Waals surface area contributed by atoms with Crippen LogP contribution in [0.2, 0.25) is 0 Å². The number of amidine groups is 1. The summed E-state index contributed by atoms with van der Waals surface area (Å²) in [5.74, 6) is 0.202. The van der Waals surface area contributed by atoms with Gasteiger partial charge in [0, 0.05) is 19.0 Å². The van der Waals surface area contributed by atoms with Crippen LogP contribution in [-0.4, -0.2) is 40.7 Å². The predicted molar refractivity (Wildman–Crippen MR) is 76.2 cm³/mol. The molecule has 1 unspecified atom stereocenters. The zero-order valence-electron chi connectivity index (χ0n) is 11.4. The molecule has 0 bridgehead atoms. The molecule has 0 aromatic heterocycles. The maximum atomic E-state index is 9.20. The van der Waals surface area contributed by atoms with Gasteiger partial charge in [-0.2, -0.15) is 0 Å². The van der Waals surface area contributed by atoms with Crippen molar-refractivity contribution in [3.05, 3.63) is 35.9 Å². The highest BCUT2D eigenvalue weighted by atomic mass is 16.4. The van der Waals surface area contributed by atoms with E-state index in [1.807, 2.05) is 30.3 Å². The second-order valence-electron chi connectivity index (χ2n) is 4.48. The summed E-state index contributed by atoms with van der Waals surface area (Å²) in [5, 5.41) is 21.0. The van der Waals surface area contributed by atoms with Gasteiger partial charge in [-0.15, -0.1) is 0 Å². The number of nitrogens with zero attached hydrogens (tertiary/aromatic N) is 2. The highest BCUT2D eigenvalue weighted by Crippen LogP contribution is 2.24. The number of hydrogen-bond donors (Lipinski definition) is 3. The number of oxime groups is 1. The number of rotatable bonds is 8. The lowest BCUT2D eigenvalue weighted by atomic mass is 10.0. The van der Waals surface area contributed by atoms with Gasteiger partial charge in [-0.1, -0.05) is 42.4 Å². The number of nitrogens with two attached hydrogens (primary N) is 1. The first-order chi connectivity index (χ1) is 9.22. The fourth-order valence-electron chi connectivity index (χ4n) is 2.21. The van der Waals surface area contributed by atoms with Crippen LogP contribution in [0.15, 0.2) is 35.5 Å². The average Bonchev–Trinajstić information content (AvgIpc) is 2.45. The molecule has 0 spiro atoms. The van der Waals surface area contributed by atoms with Crippen molar-refractivity contribution < 1.29 is 10.3 Å². The van der Waals surface area contributed by atoms with E-state index in [4.69, 9.17) is 10.9 Å². The molecule has 19 heavy (non-hydrogen) atoms. The fraction of sp³-hybridized carbons (Fsp3) is 0.500. The molecule has 0 amide bonds. The minimum atomic E-state index is 0.0178. The van der Waals surface area contributed by atoms with E-state index in [9.17, 15) is 5.11 Å². The molecule has 5 nitrogen and oxygen atoms in total. The molecule has 0 aliphatic rings. The second kappa shape index (κ2) is 8.50.